The highest BCUT2D eigenvalue weighted by Crippen LogP contribution is 2.36. The highest BCUT2D eigenvalue weighted by Gasteiger charge is 2.62. The Bertz CT molecular complexity index is 1260. The molecule has 37 heavy (non-hydrogen) atoms. The van der Waals surface area contributed by atoms with Gasteiger partial charge in [-0.15, -0.1) is 0 Å². The highest BCUT2D eigenvalue weighted by atomic mass is 16.7. The molecule has 1 aliphatic rings. The van der Waals surface area contributed by atoms with E-state index in [1.165, 1.54) is 24.3 Å². The predicted octanol–water partition coefficient (Wildman–Crippen LogP) is 2.97. The number of rotatable bonds is 8. The first-order valence-corrected chi connectivity index (χ1v) is 11.4. The van der Waals surface area contributed by atoms with Gasteiger partial charge in [0.05, 0.1) is 16.7 Å². The van der Waals surface area contributed by atoms with Gasteiger partial charge in [0.2, 0.25) is 6.10 Å². The third-order valence-electron chi connectivity index (χ3n) is 5.77. The first kappa shape index (κ1) is 25.7. The Labute approximate surface area is 212 Å². The number of esters is 3. The zero-order chi connectivity index (χ0) is 26.4. The lowest BCUT2D eigenvalue weighted by Gasteiger charge is -2.27. The number of ether oxygens (including phenoxy) is 4. The molecule has 1 saturated heterocycles. The van der Waals surface area contributed by atoms with Crippen LogP contribution in [0, 0.1) is 0 Å². The van der Waals surface area contributed by atoms with Crippen LogP contribution >= 0.6 is 0 Å². The standard InChI is InChI=1S/C28H24O9/c1-18(29)28(33)24(36-27(32)21-15-9-4-10-16-21)23(35-26(31)20-13-7-3-8-14-20)22(37-28)17-34-25(30)19-11-5-2-6-12-19/h2-16,22-24,33H,17H2,1H3/t22-,23-,24-,28-/m1/s1. The third-order valence-corrected chi connectivity index (χ3v) is 5.77. The largest absolute Gasteiger partial charge is 0.459 e. The van der Waals surface area contributed by atoms with Gasteiger partial charge in [0.1, 0.15) is 12.7 Å². The number of hydrogen-bond donors (Lipinski definition) is 1. The molecule has 4 atom stereocenters. The lowest BCUT2D eigenvalue weighted by atomic mass is 10.0. The first-order valence-electron chi connectivity index (χ1n) is 11.4. The Kier molecular flexibility index (Phi) is 7.76. The van der Waals surface area contributed by atoms with Crippen molar-refractivity contribution in [2.75, 3.05) is 6.61 Å². The van der Waals surface area contributed by atoms with Crippen LogP contribution in [0.15, 0.2) is 91.0 Å². The summed E-state index contributed by atoms with van der Waals surface area (Å²) in [5, 5.41) is 11.1. The monoisotopic (exact) mass is 504 g/mol. The topological polar surface area (TPSA) is 125 Å². The van der Waals surface area contributed by atoms with Gasteiger partial charge < -0.3 is 24.1 Å². The van der Waals surface area contributed by atoms with Gasteiger partial charge in [0.25, 0.3) is 5.79 Å². The Hall–Kier alpha value is -4.34. The van der Waals surface area contributed by atoms with Gasteiger partial charge in [-0.25, -0.2) is 14.4 Å². The molecule has 0 bridgehead atoms. The Morgan fingerprint density at radius 1 is 0.730 bits per heavy atom. The maximum absolute atomic E-state index is 12.9. The second-order valence-corrected chi connectivity index (χ2v) is 8.30. The molecule has 3 aromatic carbocycles. The maximum Gasteiger partial charge on any atom is 0.338 e. The van der Waals surface area contributed by atoms with Crippen LogP contribution in [0.1, 0.15) is 38.0 Å². The molecule has 0 spiro atoms. The van der Waals surface area contributed by atoms with Crippen LogP contribution in [0.3, 0.4) is 0 Å². The SMILES string of the molecule is CC(=O)[C@@]1(O)O[C@H](COC(=O)c2ccccc2)[C@@H](OC(=O)c2ccccc2)[C@H]1OC(=O)c1ccccc1. The van der Waals surface area contributed by atoms with E-state index >= 15 is 0 Å². The Morgan fingerprint density at radius 3 is 1.62 bits per heavy atom. The lowest BCUT2D eigenvalue weighted by Crippen LogP contribution is -2.52. The smallest absolute Gasteiger partial charge is 0.338 e. The van der Waals surface area contributed by atoms with Crippen LogP contribution in [-0.4, -0.2) is 59.5 Å². The molecule has 1 N–H and O–H groups in total. The van der Waals surface area contributed by atoms with E-state index in [2.05, 4.69) is 0 Å². The fraction of sp³-hybridized carbons (Fsp3) is 0.214. The quantitative estimate of drug-likeness (QED) is 0.364. The van der Waals surface area contributed by atoms with Crippen molar-refractivity contribution in [2.24, 2.45) is 0 Å². The maximum atomic E-state index is 12.9. The van der Waals surface area contributed by atoms with E-state index in [9.17, 15) is 24.3 Å². The third kappa shape index (κ3) is 5.74. The molecule has 0 aliphatic carbocycles. The van der Waals surface area contributed by atoms with Crippen molar-refractivity contribution in [3.8, 4) is 0 Å². The summed E-state index contributed by atoms with van der Waals surface area (Å²) in [6, 6.07) is 24.0. The lowest BCUT2D eigenvalue weighted by molar-refractivity contribution is -0.222. The Morgan fingerprint density at radius 2 is 1.16 bits per heavy atom. The van der Waals surface area contributed by atoms with Crippen molar-refractivity contribution in [3.05, 3.63) is 108 Å². The van der Waals surface area contributed by atoms with Gasteiger partial charge in [-0.1, -0.05) is 54.6 Å². The van der Waals surface area contributed by atoms with Crippen molar-refractivity contribution in [2.45, 2.75) is 31.0 Å². The predicted molar refractivity (Wildman–Crippen MR) is 129 cm³/mol. The average molecular weight is 504 g/mol. The van der Waals surface area contributed by atoms with E-state index in [1.54, 1.807) is 66.7 Å². The molecule has 1 fully saturated rings. The van der Waals surface area contributed by atoms with Crippen molar-refractivity contribution in [3.63, 3.8) is 0 Å². The molecule has 9 nitrogen and oxygen atoms in total. The molecule has 0 radical (unpaired) electrons. The molecule has 0 saturated carbocycles. The van der Waals surface area contributed by atoms with Crippen LogP contribution in [0.4, 0.5) is 0 Å². The fourth-order valence-electron chi connectivity index (χ4n) is 3.82. The van der Waals surface area contributed by atoms with Gasteiger partial charge >= 0.3 is 17.9 Å². The summed E-state index contributed by atoms with van der Waals surface area (Å²) in [4.78, 5) is 50.7. The van der Waals surface area contributed by atoms with E-state index in [0.29, 0.717) is 0 Å². The van der Waals surface area contributed by atoms with E-state index in [0.717, 1.165) is 6.92 Å². The van der Waals surface area contributed by atoms with Crippen LogP contribution in [0.25, 0.3) is 0 Å². The van der Waals surface area contributed by atoms with E-state index in [-0.39, 0.29) is 16.7 Å². The molecule has 1 heterocycles. The number of ketones is 1. The van der Waals surface area contributed by atoms with E-state index in [1.807, 2.05) is 0 Å². The van der Waals surface area contributed by atoms with Gasteiger partial charge in [-0.2, -0.15) is 0 Å². The number of carbonyl (C=O) groups is 4. The second-order valence-electron chi connectivity index (χ2n) is 8.30. The normalized spacial score (nSPS) is 22.6. The summed E-state index contributed by atoms with van der Waals surface area (Å²) in [5.41, 5.74) is 0.571. The van der Waals surface area contributed by atoms with Crippen LogP contribution < -0.4 is 0 Å². The molecule has 3 aromatic rings. The summed E-state index contributed by atoms with van der Waals surface area (Å²) in [5.74, 6) is -5.95. The number of hydrogen-bond acceptors (Lipinski definition) is 9. The first-order chi connectivity index (χ1) is 17.8. The number of carbonyl (C=O) groups excluding carboxylic acids is 4. The molecule has 4 rings (SSSR count). The van der Waals surface area contributed by atoms with Gasteiger partial charge in [-0.3, -0.25) is 4.79 Å². The molecule has 0 unspecified atom stereocenters. The van der Waals surface area contributed by atoms with Crippen LogP contribution in [-0.2, 0) is 23.7 Å². The minimum atomic E-state index is -2.66. The molecule has 190 valence electrons. The fourth-order valence-corrected chi connectivity index (χ4v) is 3.82. The molecule has 0 aromatic heterocycles. The summed E-state index contributed by atoms with van der Waals surface area (Å²) in [6.45, 7) is 0.535. The zero-order valence-electron chi connectivity index (χ0n) is 19.8. The molecular weight excluding hydrogens is 480 g/mol. The highest BCUT2D eigenvalue weighted by molar-refractivity contribution is 5.92. The number of Topliss-reactive ketones (excluding diaryl/α,β-unsaturated/α-hetero) is 1. The minimum absolute atomic E-state index is 0.139. The van der Waals surface area contributed by atoms with Crippen molar-refractivity contribution in [1.29, 1.82) is 0 Å². The number of aliphatic hydroxyl groups is 1. The molecule has 9 heteroatoms. The summed E-state index contributed by atoms with van der Waals surface area (Å²) < 4.78 is 22.0. The van der Waals surface area contributed by atoms with E-state index in [4.69, 9.17) is 18.9 Å². The van der Waals surface area contributed by atoms with Crippen molar-refractivity contribution in [1.82, 2.24) is 0 Å². The molecule has 0 amide bonds. The second kappa shape index (κ2) is 11.2. The molecular formula is C28H24O9. The summed E-state index contributed by atoms with van der Waals surface area (Å²) in [7, 11) is 0. The Balaban J connectivity index is 1.63. The zero-order valence-corrected chi connectivity index (χ0v) is 19.8. The van der Waals surface area contributed by atoms with Crippen molar-refractivity contribution >= 4 is 23.7 Å². The van der Waals surface area contributed by atoms with Crippen LogP contribution in [0.2, 0.25) is 0 Å². The van der Waals surface area contributed by atoms with E-state index < -0.39 is 54.4 Å². The number of benzene rings is 3. The summed E-state index contributed by atoms with van der Waals surface area (Å²) in [6.07, 6.45) is -4.56. The minimum Gasteiger partial charge on any atom is -0.459 e. The van der Waals surface area contributed by atoms with Gasteiger partial charge in [0, 0.05) is 6.92 Å². The van der Waals surface area contributed by atoms with Gasteiger partial charge in [-0.05, 0) is 36.4 Å². The molecule has 1 aliphatic heterocycles. The van der Waals surface area contributed by atoms with Crippen molar-refractivity contribution < 1.29 is 43.2 Å². The van der Waals surface area contributed by atoms with Gasteiger partial charge in [0.15, 0.2) is 11.9 Å². The summed E-state index contributed by atoms with van der Waals surface area (Å²) >= 11 is 0. The average Bonchev–Trinajstić information content (AvgIpc) is 3.20. The van der Waals surface area contributed by atoms with Crippen LogP contribution in [0.5, 0.6) is 0 Å².